The summed E-state index contributed by atoms with van der Waals surface area (Å²) in [6.07, 6.45) is 7.60. The normalized spacial score (nSPS) is 20.7. The monoisotopic (exact) mass is 1710 g/mol. The van der Waals surface area contributed by atoms with Crippen molar-refractivity contribution in [2.24, 2.45) is 29.4 Å². The molecule has 4 aromatic carbocycles. The van der Waals surface area contributed by atoms with Crippen molar-refractivity contribution in [3.8, 4) is 17.2 Å². The van der Waals surface area contributed by atoms with Gasteiger partial charge in [-0.25, -0.2) is 4.79 Å². The molecule has 2 aliphatic rings. The molecule has 2 saturated heterocycles. The molecule has 7 rings (SSSR count). The van der Waals surface area contributed by atoms with Gasteiger partial charge in [-0.2, -0.15) is 0 Å². The lowest BCUT2D eigenvalue weighted by atomic mass is 9.80. The maximum Gasteiger partial charge on any atom is 0.326 e. The Balaban J connectivity index is 0.000000766. The predicted octanol–water partition coefficient (Wildman–Crippen LogP) is 4.96. The average Bonchev–Trinajstić information content (AvgIpc) is 1.69. The summed E-state index contributed by atoms with van der Waals surface area (Å²) < 4.78 is 0. The van der Waals surface area contributed by atoms with Crippen molar-refractivity contribution in [1.29, 1.82) is 0 Å². The number of aliphatic hydroxyl groups is 1. The van der Waals surface area contributed by atoms with Gasteiger partial charge in [-0.1, -0.05) is 94.6 Å². The Morgan fingerprint density at radius 1 is 0.528 bits per heavy atom. The van der Waals surface area contributed by atoms with Gasteiger partial charge in [-0.05, 0) is 155 Å². The number of amides is 10. The van der Waals surface area contributed by atoms with Crippen molar-refractivity contribution < 1.29 is 102 Å². The van der Waals surface area contributed by atoms with Crippen molar-refractivity contribution in [2.45, 2.75) is 232 Å². The number of carboxylic acid groups (broad SMARTS) is 1. The molecule has 10 amide bonds. The minimum atomic E-state index is -1.85. The number of nitrogens with two attached hydrogens (primary N) is 1. The molecule has 3 heterocycles. The SMILES string of the molecule is CC(=O)C(=O)[C@H](Cc1ccc(O)cc1)NC[C@H]1CCCCN(C(C)=O)CCCCN(CC(=O)N[C@@H](Cc2ccc(O)cc2)C(=O)O)C(=O)[C@H](CC(C)C)NC(=O)C(Cc2ccc(O)cc2)NC(=O)[C@H](CCC(N)=O)NC(=O)C(CO)NC(=O)[C@H](Cc2c[nH]c3ccccc23)NC1=O.CCC(=O)CC1CCCCN(C(C)=O)CCCCC(CCC(C)=O)C1=O. The van der Waals surface area contributed by atoms with Gasteiger partial charge in [0.05, 0.1) is 25.1 Å². The van der Waals surface area contributed by atoms with Gasteiger partial charge in [-0.15, -0.1) is 0 Å². The number of fused-ring (bicyclic) bond motifs is 1. The number of H-pyrrole nitrogens is 1. The Bertz CT molecular complexity index is 4420. The number of aliphatic hydroxyl groups excluding tert-OH is 1. The number of carbonyl (C=O) groups is 16. The average molecular weight is 1710 g/mol. The van der Waals surface area contributed by atoms with Crippen molar-refractivity contribution in [3.05, 3.63) is 126 Å². The summed E-state index contributed by atoms with van der Waals surface area (Å²) in [4.78, 5) is 223. The zero-order valence-electron chi connectivity index (χ0n) is 71.6. The van der Waals surface area contributed by atoms with Crippen LogP contribution in [-0.4, -0.2) is 234 Å². The van der Waals surface area contributed by atoms with Crippen LogP contribution in [0.3, 0.4) is 0 Å². The molecule has 0 aliphatic carbocycles. The second-order valence-corrected chi connectivity index (χ2v) is 32.4. The maximum absolute atomic E-state index is 15.1. The van der Waals surface area contributed by atoms with E-state index in [4.69, 9.17) is 5.73 Å². The Labute approximate surface area is 717 Å². The van der Waals surface area contributed by atoms with E-state index in [1.807, 2.05) is 11.8 Å². The number of rotatable bonds is 29. The number of aromatic amines is 1. The number of phenols is 3. The van der Waals surface area contributed by atoms with Crippen LogP contribution < -0.4 is 43.0 Å². The lowest BCUT2D eigenvalue weighted by molar-refractivity contribution is -0.143. The number of aliphatic carboxylic acids is 1. The first-order chi connectivity index (χ1) is 58.5. The molecule has 0 spiro atoms. The molecule has 2 aliphatic heterocycles. The van der Waals surface area contributed by atoms with E-state index in [2.05, 4.69) is 42.2 Å². The largest absolute Gasteiger partial charge is 0.508 e. The molecule has 33 heteroatoms. The first kappa shape index (κ1) is 100. The molecule has 4 unspecified atom stereocenters. The number of nitrogens with one attached hydrogen (secondary N) is 8. The molecule has 0 radical (unpaired) electrons. The van der Waals surface area contributed by atoms with Gasteiger partial charge in [-0.3, -0.25) is 67.1 Å². The number of carboxylic acids is 1. The first-order valence-corrected chi connectivity index (χ1v) is 42.5. The molecular weight excluding hydrogens is 1590 g/mol. The van der Waals surface area contributed by atoms with Crippen LogP contribution in [-0.2, 0) is 102 Å². The van der Waals surface area contributed by atoms with Gasteiger partial charge >= 0.3 is 5.97 Å². The van der Waals surface area contributed by atoms with E-state index in [9.17, 15) is 97.5 Å². The number of aromatic nitrogens is 1. The highest BCUT2D eigenvalue weighted by molar-refractivity contribution is 6.38. The van der Waals surface area contributed by atoms with Crippen LogP contribution in [0.5, 0.6) is 17.2 Å². The Hall–Kier alpha value is -11.7. The van der Waals surface area contributed by atoms with Crippen molar-refractivity contribution >= 4 is 105 Å². The maximum atomic E-state index is 15.1. The highest BCUT2D eigenvalue weighted by atomic mass is 16.4. The lowest BCUT2D eigenvalue weighted by Crippen LogP contribution is -2.60. The topological polar surface area (TPSA) is 510 Å². The Morgan fingerprint density at radius 3 is 1.52 bits per heavy atom. The summed E-state index contributed by atoms with van der Waals surface area (Å²) in [6, 6.07) is 13.6. The molecule has 2 fully saturated rings. The number of para-hydroxylation sites is 1. The molecule has 10 atom stereocenters. The van der Waals surface area contributed by atoms with E-state index in [1.54, 1.807) is 75.2 Å². The van der Waals surface area contributed by atoms with Gasteiger partial charge in [0, 0.05) is 134 Å². The van der Waals surface area contributed by atoms with Crippen LogP contribution in [0, 0.1) is 23.7 Å². The lowest BCUT2D eigenvalue weighted by Gasteiger charge is -2.31. The number of hydrogen-bond acceptors (Lipinski definition) is 21. The third kappa shape index (κ3) is 34.6. The standard InChI is InChI=1S/C69H89N11O17.C21H35NO4/c1-40(2)31-57-68(95)80(38-61(88)73-58(69(96)97)34-45-18-24-50(86)25-19-45)30-10-9-29-79(42(4)83)28-8-7-11-46(36-72-54(62(89)41(3)82)32-43-14-20-48(84)21-15-43)63(90)75-56(35-47-37-71-52-13-6-5-12-51(47)52)66(93)78-59(39-81)67(94)74-53(26-27-60(70)87)64(91)76-55(65(92)77-57)33-44-16-22-49(85)23-17-44;1-4-20(25)15-19-10-6-8-14-22(17(3)24)13-7-5-9-18(21(19)26)12-11-16(2)23/h5-6,12-25,37,40,46,53-59,71-72,81,84-86H,7-11,26-36,38-39H2,1-4H3,(H2,70,87)(H,73,88)(H,74,94)(H,75,90)(H,76,91)(H,77,92)(H,78,93)(H,96,97);18-19H,4-15H2,1-3H3/t46-,53+,54+,55?,56+,57+,58+,59?;/m1./s1. The molecule has 15 N–H and O–H groups in total. The number of primary amides is 1. The number of nitrogens with zero attached hydrogens (tertiary/aromatic N) is 3. The number of benzene rings is 4. The number of hydrogen-bond donors (Lipinski definition) is 14. The van der Waals surface area contributed by atoms with Gasteiger partial charge < -0.3 is 93.0 Å². The van der Waals surface area contributed by atoms with Gasteiger partial charge in [0.15, 0.2) is 5.78 Å². The van der Waals surface area contributed by atoms with Crippen molar-refractivity contribution in [3.63, 3.8) is 0 Å². The van der Waals surface area contributed by atoms with E-state index in [0.29, 0.717) is 71.7 Å². The first-order valence-electron chi connectivity index (χ1n) is 42.5. The zero-order chi connectivity index (χ0) is 90.4. The van der Waals surface area contributed by atoms with Crippen LogP contribution in [0.25, 0.3) is 10.9 Å². The third-order valence-electron chi connectivity index (χ3n) is 22.1. The molecular formula is C90H124N12O21. The summed E-state index contributed by atoms with van der Waals surface area (Å²) in [5.41, 5.74) is 8.20. The number of aromatic hydroxyl groups is 3. The molecule has 123 heavy (non-hydrogen) atoms. The Morgan fingerprint density at radius 2 is 1.00 bits per heavy atom. The molecule has 1 aromatic heterocycles. The number of ketones is 5. The van der Waals surface area contributed by atoms with Crippen LogP contribution in [0.1, 0.15) is 186 Å². The summed E-state index contributed by atoms with van der Waals surface area (Å²) in [7, 11) is 0. The summed E-state index contributed by atoms with van der Waals surface area (Å²) in [5.74, 6) is -12.2. The van der Waals surface area contributed by atoms with E-state index < -0.39 is 139 Å². The highest BCUT2D eigenvalue weighted by Gasteiger charge is 2.38. The smallest absolute Gasteiger partial charge is 0.326 e. The minimum Gasteiger partial charge on any atom is -0.508 e. The zero-order valence-corrected chi connectivity index (χ0v) is 71.6. The quantitative estimate of drug-likeness (QED) is 0.0281. The highest BCUT2D eigenvalue weighted by Crippen LogP contribution is 2.28. The van der Waals surface area contributed by atoms with E-state index in [-0.39, 0.29) is 148 Å². The minimum absolute atomic E-state index is 0.0256. The van der Waals surface area contributed by atoms with Crippen LogP contribution >= 0.6 is 0 Å². The van der Waals surface area contributed by atoms with Crippen LogP contribution in [0.4, 0.5) is 0 Å². The molecule has 5 aromatic rings. The fourth-order valence-electron chi connectivity index (χ4n) is 15.0. The fourth-order valence-corrected chi connectivity index (χ4v) is 15.0. The Kier molecular flexibility index (Phi) is 41.7. The van der Waals surface area contributed by atoms with Crippen LogP contribution in [0.2, 0.25) is 0 Å². The van der Waals surface area contributed by atoms with Gasteiger partial charge in [0.25, 0.3) is 0 Å². The number of carbonyl (C=O) groups excluding carboxylic acids is 15. The molecule has 0 saturated carbocycles. The van der Waals surface area contributed by atoms with Crippen molar-refractivity contribution in [1.82, 2.24) is 56.9 Å². The van der Waals surface area contributed by atoms with Gasteiger partial charge in [0.2, 0.25) is 64.9 Å². The van der Waals surface area contributed by atoms with E-state index >= 15 is 4.79 Å². The predicted molar refractivity (Wildman–Crippen MR) is 456 cm³/mol. The van der Waals surface area contributed by atoms with Crippen molar-refractivity contribution in [2.75, 3.05) is 52.4 Å². The van der Waals surface area contributed by atoms with Gasteiger partial charge in [0.1, 0.15) is 70.8 Å². The molecule has 33 nitrogen and oxygen atoms in total. The second kappa shape index (κ2) is 51.2. The number of phenolic OH excluding ortho intramolecular Hbond substituents is 3. The summed E-state index contributed by atoms with van der Waals surface area (Å²) >= 11 is 0. The molecule has 0 bridgehead atoms. The summed E-state index contributed by atoms with van der Waals surface area (Å²) in [6.45, 7) is 10.6. The van der Waals surface area contributed by atoms with Crippen LogP contribution in [0.15, 0.2) is 103 Å². The second-order valence-electron chi connectivity index (χ2n) is 32.4. The molecule has 670 valence electrons. The fraction of sp³-hybridized carbons (Fsp3) is 0.533. The summed E-state index contributed by atoms with van der Waals surface area (Å²) in [5, 5.41) is 70.4. The van der Waals surface area contributed by atoms with E-state index in [1.165, 1.54) is 67.6 Å². The third-order valence-corrected chi connectivity index (χ3v) is 22.1. The number of Topliss-reactive ketones (excluding diaryl/α,β-unsaturated/α-hetero) is 5. The van der Waals surface area contributed by atoms with E-state index in [0.717, 1.165) is 57.0 Å².